The van der Waals surface area contributed by atoms with Crippen LogP contribution in [0.2, 0.25) is 0 Å². The lowest BCUT2D eigenvalue weighted by Gasteiger charge is -2.39. The van der Waals surface area contributed by atoms with Crippen LogP contribution in [0.1, 0.15) is 60.0 Å². The number of aromatic nitrogens is 3. The number of ether oxygens (including phenoxy) is 2. The standard InChI is InChI=1S/C33H35FN6O5/c1-20-8-6-9-21-13-15-35-28(27(20)21)40(23-10-7-17-39(19-23)32(43)45-33(2,3)4)29(41)24-12-11-22(18-25(24)34)37-31-36-16-14-26(38-31)30(42)44-5/h6,8-9,11-16,18,23H,7,10,17,19H2,1-5H3,(H,36,37,38)/t23-/m1/s1. The molecule has 1 aliphatic heterocycles. The maximum Gasteiger partial charge on any atom is 0.410 e. The lowest BCUT2D eigenvalue weighted by atomic mass is 10.00. The SMILES string of the molecule is COC(=O)c1ccnc(Nc2ccc(C(=O)N(c3nccc4cccc(C)c34)[C@@H]3CCCN(C(=O)OC(C)(C)C)C3)c(F)c2)n1. The highest BCUT2D eigenvalue weighted by Gasteiger charge is 2.36. The number of halogens is 1. The monoisotopic (exact) mass is 614 g/mol. The summed E-state index contributed by atoms with van der Waals surface area (Å²) in [5.41, 5.74) is 0.349. The minimum atomic E-state index is -0.782. The zero-order chi connectivity index (χ0) is 32.3. The van der Waals surface area contributed by atoms with E-state index in [4.69, 9.17) is 9.47 Å². The van der Waals surface area contributed by atoms with Crippen molar-refractivity contribution in [2.75, 3.05) is 30.4 Å². The third-order valence-corrected chi connectivity index (χ3v) is 7.35. The molecule has 45 heavy (non-hydrogen) atoms. The normalized spacial score (nSPS) is 15.0. The molecule has 0 unspecified atom stereocenters. The van der Waals surface area contributed by atoms with E-state index in [0.29, 0.717) is 25.2 Å². The molecule has 234 valence electrons. The Bertz CT molecular complexity index is 1750. The summed E-state index contributed by atoms with van der Waals surface area (Å²) >= 11 is 0. The number of anilines is 3. The lowest BCUT2D eigenvalue weighted by molar-refractivity contribution is 0.0195. The van der Waals surface area contributed by atoms with Gasteiger partial charge in [0.05, 0.1) is 18.7 Å². The molecule has 2 aromatic carbocycles. The third kappa shape index (κ3) is 7.00. The van der Waals surface area contributed by atoms with Gasteiger partial charge >= 0.3 is 12.1 Å². The quantitative estimate of drug-likeness (QED) is 0.258. The zero-order valence-electron chi connectivity index (χ0n) is 25.8. The molecule has 5 rings (SSSR count). The van der Waals surface area contributed by atoms with Crippen molar-refractivity contribution >= 4 is 46.2 Å². The van der Waals surface area contributed by atoms with Crippen LogP contribution in [0, 0.1) is 12.7 Å². The molecular formula is C33H35FN6O5. The van der Waals surface area contributed by atoms with Crippen LogP contribution in [0.25, 0.3) is 10.8 Å². The van der Waals surface area contributed by atoms with Gasteiger partial charge in [0.25, 0.3) is 5.91 Å². The largest absolute Gasteiger partial charge is 0.464 e. The van der Waals surface area contributed by atoms with Gasteiger partial charge in [-0.2, -0.15) is 0 Å². The van der Waals surface area contributed by atoms with Gasteiger partial charge in [0.2, 0.25) is 5.95 Å². The predicted octanol–water partition coefficient (Wildman–Crippen LogP) is 6.05. The van der Waals surface area contributed by atoms with Crippen LogP contribution in [-0.4, -0.2) is 69.7 Å². The third-order valence-electron chi connectivity index (χ3n) is 7.35. The molecule has 11 nitrogen and oxygen atoms in total. The van der Waals surface area contributed by atoms with Gasteiger partial charge in [-0.1, -0.05) is 18.2 Å². The number of amides is 2. The molecule has 1 fully saturated rings. The molecule has 2 amide bonds. The molecule has 3 heterocycles. The summed E-state index contributed by atoms with van der Waals surface area (Å²) in [6.07, 6.45) is 3.72. The van der Waals surface area contributed by atoms with Gasteiger partial charge in [-0.3, -0.25) is 9.69 Å². The van der Waals surface area contributed by atoms with Crippen LogP contribution in [0.3, 0.4) is 0 Å². The summed E-state index contributed by atoms with van der Waals surface area (Å²) < 4.78 is 26.1. The Morgan fingerprint density at radius 2 is 1.84 bits per heavy atom. The van der Waals surface area contributed by atoms with Gasteiger partial charge in [0.15, 0.2) is 5.69 Å². The summed E-state index contributed by atoms with van der Waals surface area (Å²) in [7, 11) is 1.24. The van der Waals surface area contributed by atoms with E-state index in [1.807, 2.05) is 31.2 Å². The van der Waals surface area contributed by atoms with Crippen molar-refractivity contribution in [2.24, 2.45) is 0 Å². The molecule has 4 aromatic rings. The number of esters is 1. The van der Waals surface area contributed by atoms with Gasteiger partial charge in [-0.15, -0.1) is 0 Å². The van der Waals surface area contributed by atoms with E-state index in [0.717, 1.165) is 22.4 Å². The van der Waals surface area contributed by atoms with Crippen LogP contribution >= 0.6 is 0 Å². The second kappa shape index (κ2) is 12.8. The molecule has 1 aliphatic rings. The number of methoxy groups -OCH3 is 1. The number of aryl methyl sites for hydroxylation is 1. The van der Waals surface area contributed by atoms with Crippen molar-refractivity contribution in [3.63, 3.8) is 0 Å². The van der Waals surface area contributed by atoms with Crippen molar-refractivity contribution in [3.05, 3.63) is 83.6 Å². The fourth-order valence-electron chi connectivity index (χ4n) is 5.33. The molecule has 2 aromatic heterocycles. The zero-order valence-corrected chi connectivity index (χ0v) is 25.8. The average Bonchev–Trinajstić information content (AvgIpc) is 3.00. The highest BCUT2D eigenvalue weighted by Crippen LogP contribution is 2.33. The number of nitrogens with one attached hydrogen (secondary N) is 1. The first-order valence-electron chi connectivity index (χ1n) is 14.6. The van der Waals surface area contributed by atoms with E-state index in [-0.39, 0.29) is 29.4 Å². The van der Waals surface area contributed by atoms with Crippen molar-refractivity contribution in [1.82, 2.24) is 19.9 Å². The van der Waals surface area contributed by atoms with Crippen LogP contribution in [-0.2, 0) is 9.47 Å². The van der Waals surface area contributed by atoms with Crippen LogP contribution < -0.4 is 10.2 Å². The minimum absolute atomic E-state index is 0.0312. The van der Waals surface area contributed by atoms with E-state index in [1.165, 1.54) is 36.4 Å². The molecule has 0 radical (unpaired) electrons. The highest BCUT2D eigenvalue weighted by atomic mass is 19.1. The van der Waals surface area contributed by atoms with Gasteiger partial charge in [0.1, 0.15) is 17.2 Å². The minimum Gasteiger partial charge on any atom is -0.464 e. The molecule has 12 heteroatoms. The van der Waals surface area contributed by atoms with Gasteiger partial charge in [-0.25, -0.2) is 28.9 Å². The lowest BCUT2D eigenvalue weighted by Crippen LogP contribution is -2.53. The van der Waals surface area contributed by atoms with E-state index < -0.39 is 35.4 Å². The molecule has 0 saturated carbocycles. The molecule has 0 aliphatic carbocycles. The van der Waals surface area contributed by atoms with E-state index in [9.17, 15) is 14.4 Å². The highest BCUT2D eigenvalue weighted by molar-refractivity contribution is 6.11. The van der Waals surface area contributed by atoms with Crippen LogP contribution in [0.15, 0.2) is 60.9 Å². The van der Waals surface area contributed by atoms with E-state index in [2.05, 4.69) is 20.3 Å². The Kier molecular flexibility index (Phi) is 8.94. The number of pyridine rings is 1. The Morgan fingerprint density at radius 1 is 1.07 bits per heavy atom. The predicted molar refractivity (Wildman–Crippen MR) is 167 cm³/mol. The number of hydrogen-bond acceptors (Lipinski definition) is 9. The Morgan fingerprint density at radius 3 is 2.58 bits per heavy atom. The second-order valence-corrected chi connectivity index (χ2v) is 11.8. The number of benzene rings is 2. The summed E-state index contributed by atoms with van der Waals surface area (Å²) in [6.45, 7) is 8.00. The van der Waals surface area contributed by atoms with Crippen molar-refractivity contribution in [3.8, 4) is 0 Å². The summed E-state index contributed by atoms with van der Waals surface area (Å²) in [5, 5.41) is 4.51. The number of hydrogen-bond donors (Lipinski definition) is 1. The number of nitrogens with zero attached hydrogens (tertiary/aromatic N) is 5. The van der Waals surface area contributed by atoms with Crippen LogP contribution in [0.5, 0.6) is 0 Å². The molecule has 0 spiro atoms. The number of piperidine rings is 1. The molecule has 1 atom stereocenters. The maximum absolute atomic E-state index is 15.8. The number of fused-ring (bicyclic) bond motifs is 1. The summed E-state index contributed by atoms with van der Waals surface area (Å²) in [4.78, 5) is 55.1. The Labute approximate surface area is 260 Å². The topological polar surface area (TPSA) is 127 Å². The summed E-state index contributed by atoms with van der Waals surface area (Å²) in [5.74, 6) is -1.57. The molecule has 0 bridgehead atoms. The summed E-state index contributed by atoms with van der Waals surface area (Å²) in [6, 6.07) is 12.6. The number of likely N-dealkylation sites (tertiary alicyclic amines) is 1. The smallest absolute Gasteiger partial charge is 0.410 e. The van der Waals surface area contributed by atoms with Gasteiger partial charge < -0.3 is 19.7 Å². The first-order chi connectivity index (χ1) is 21.4. The van der Waals surface area contributed by atoms with Gasteiger partial charge in [0, 0.05) is 36.6 Å². The first kappa shape index (κ1) is 31.3. The molecule has 1 saturated heterocycles. The van der Waals surface area contributed by atoms with Crippen molar-refractivity contribution in [2.45, 2.75) is 52.2 Å². The number of carbonyl (C=O) groups is 3. The Balaban J connectivity index is 1.51. The average molecular weight is 615 g/mol. The second-order valence-electron chi connectivity index (χ2n) is 11.8. The maximum atomic E-state index is 15.8. The Hall–Kier alpha value is -5.13. The van der Waals surface area contributed by atoms with E-state index in [1.54, 1.807) is 31.9 Å². The van der Waals surface area contributed by atoms with Gasteiger partial charge in [-0.05, 0) is 81.8 Å². The fraction of sp³-hybridized carbons (Fsp3) is 0.333. The fourth-order valence-corrected chi connectivity index (χ4v) is 5.33. The van der Waals surface area contributed by atoms with Crippen LogP contribution in [0.4, 0.5) is 26.6 Å². The molecular weight excluding hydrogens is 579 g/mol. The van der Waals surface area contributed by atoms with E-state index >= 15 is 4.39 Å². The van der Waals surface area contributed by atoms with Crippen molar-refractivity contribution in [1.29, 1.82) is 0 Å². The first-order valence-corrected chi connectivity index (χ1v) is 14.6. The molecule has 1 N–H and O–H groups in total. The number of carbonyl (C=O) groups excluding carboxylic acids is 3. The number of rotatable bonds is 6. The van der Waals surface area contributed by atoms with Crippen molar-refractivity contribution < 1.29 is 28.2 Å².